The molecule has 2 atom stereocenters. The predicted octanol–water partition coefficient (Wildman–Crippen LogP) is 2.30. The van der Waals surface area contributed by atoms with E-state index in [1.807, 2.05) is 18.2 Å². The average molecular weight is 275 g/mol. The quantitative estimate of drug-likeness (QED) is 0.898. The normalized spacial score (nSPS) is 26.7. The molecule has 0 radical (unpaired) electrons. The van der Waals surface area contributed by atoms with Crippen LogP contribution in [0.2, 0.25) is 0 Å². The summed E-state index contributed by atoms with van der Waals surface area (Å²) in [6.45, 7) is 1.10. The van der Waals surface area contributed by atoms with Gasteiger partial charge < -0.3 is 9.84 Å². The molecule has 1 aromatic rings. The largest absolute Gasteiger partial charge is 0.389 e. The highest BCUT2D eigenvalue weighted by Crippen LogP contribution is 2.30. The standard InChI is InChI=1S/C10H11BrO2S/c11-7-2-1-3-8(4-7)14-10-6-13-5-9(10)12/h1-4,9-10,12H,5-6H2. The zero-order valence-electron chi connectivity index (χ0n) is 7.52. The summed E-state index contributed by atoms with van der Waals surface area (Å²) in [6, 6.07) is 8.08. The average Bonchev–Trinajstić information content (AvgIpc) is 2.52. The van der Waals surface area contributed by atoms with Crippen LogP contribution >= 0.6 is 27.7 Å². The lowest BCUT2D eigenvalue weighted by molar-refractivity contribution is 0.127. The Morgan fingerprint density at radius 2 is 2.29 bits per heavy atom. The molecule has 2 rings (SSSR count). The van der Waals surface area contributed by atoms with E-state index in [1.165, 1.54) is 0 Å². The maximum atomic E-state index is 9.56. The number of halogens is 1. The third-order valence-corrected chi connectivity index (χ3v) is 3.86. The van der Waals surface area contributed by atoms with Gasteiger partial charge in [-0.2, -0.15) is 0 Å². The second-order valence-electron chi connectivity index (χ2n) is 3.22. The molecule has 1 aromatic carbocycles. The van der Waals surface area contributed by atoms with Gasteiger partial charge in [0.1, 0.15) is 0 Å². The zero-order chi connectivity index (χ0) is 9.97. The third kappa shape index (κ3) is 2.51. The molecule has 76 valence electrons. The molecule has 1 aliphatic heterocycles. The molecule has 0 saturated carbocycles. The van der Waals surface area contributed by atoms with Gasteiger partial charge in [-0.25, -0.2) is 0 Å². The van der Waals surface area contributed by atoms with Crippen LogP contribution in [-0.2, 0) is 4.74 Å². The van der Waals surface area contributed by atoms with E-state index in [2.05, 4.69) is 22.0 Å². The molecule has 0 aromatic heterocycles. The van der Waals surface area contributed by atoms with Crippen molar-refractivity contribution in [2.75, 3.05) is 13.2 Å². The Balaban J connectivity index is 2.03. The number of hydrogen-bond donors (Lipinski definition) is 1. The van der Waals surface area contributed by atoms with E-state index in [-0.39, 0.29) is 11.4 Å². The van der Waals surface area contributed by atoms with Crippen molar-refractivity contribution in [3.05, 3.63) is 28.7 Å². The van der Waals surface area contributed by atoms with Gasteiger partial charge in [0.2, 0.25) is 0 Å². The summed E-state index contributed by atoms with van der Waals surface area (Å²) in [5.74, 6) is 0. The zero-order valence-corrected chi connectivity index (χ0v) is 9.92. The van der Waals surface area contributed by atoms with Gasteiger partial charge in [-0.05, 0) is 18.2 Å². The van der Waals surface area contributed by atoms with Crippen molar-refractivity contribution in [1.82, 2.24) is 0 Å². The maximum Gasteiger partial charge on any atom is 0.0917 e. The minimum absolute atomic E-state index is 0.171. The first-order valence-electron chi connectivity index (χ1n) is 4.44. The van der Waals surface area contributed by atoms with Crippen LogP contribution in [0.15, 0.2) is 33.6 Å². The Morgan fingerprint density at radius 1 is 1.43 bits per heavy atom. The Hall–Kier alpha value is -0.0300. The number of aliphatic hydroxyl groups excluding tert-OH is 1. The number of ether oxygens (including phenoxy) is 1. The van der Waals surface area contributed by atoms with E-state index in [4.69, 9.17) is 4.74 Å². The summed E-state index contributed by atoms with van der Waals surface area (Å²) >= 11 is 5.09. The highest BCUT2D eigenvalue weighted by atomic mass is 79.9. The Labute approximate surface area is 95.8 Å². The topological polar surface area (TPSA) is 29.5 Å². The molecule has 1 saturated heterocycles. The number of hydrogen-bond acceptors (Lipinski definition) is 3. The monoisotopic (exact) mass is 274 g/mol. The first-order valence-corrected chi connectivity index (χ1v) is 6.11. The summed E-state index contributed by atoms with van der Waals surface area (Å²) in [6.07, 6.45) is -0.334. The first-order chi connectivity index (χ1) is 6.75. The van der Waals surface area contributed by atoms with Crippen LogP contribution in [0.5, 0.6) is 0 Å². The molecule has 2 unspecified atom stereocenters. The summed E-state index contributed by atoms with van der Waals surface area (Å²) in [5, 5.41) is 9.73. The summed E-state index contributed by atoms with van der Waals surface area (Å²) in [4.78, 5) is 1.16. The van der Waals surface area contributed by atoms with Gasteiger partial charge in [0.25, 0.3) is 0 Å². The highest BCUT2D eigenvalue weighted by Gasteiger charge is 2.26. The van der Waals surface area contributed by atoms with Gasteiger partial charge in [0.15, 0.2) is 0 Å². The van der Waals surface area contributed by atoms with E-state index in [0.717, 1.165) is 9.37 Å². The highest BCUT2D eigenvalue weighted by molar-refractivity contribution is 9.10. The van der Waals surface area contributed by atoms with Gasteiger partial charge in [-0.3, -0.25) is 0 Å². The van der Waals surface area contributed by atoms with Crippen LogP contribution in [0.4, 0.5) is 0 Å². The SMILES string of the molecule is OC1COCC1Sc1cccc(Br)c1. The minimum atomic E-state index is -0.334. The van der Waals surface area contributed by atoms with Crippen molar-refractivity contribution in [2.24, 2.45) is 0 Å². The van der Waals surface area contributed by atoms with Crippen molar-refractivity contribution in [3.63, 3.8) is 0 Å². The second kappa shape index (κ2) is 4.66. The third-order valence-electron chi connectivity index (χ3n) is 2.08. The van der Waals surface area contributed by atoms with Gasteiger partial charge in [0.05, 0.1) is 24.6 Å². The predicted molar refractivity (Wildman–Crippen MR) is 60.6 cm³/mol. The Bertz CT molecular complexity index is 319. The molecule has 1 aliphatic rings. The fraction of sp³-hybridized carbons (Fsp3) is 0.400. The van der Waals surface area contributed by atoms with Gasteiger partial charge in [-0.15, -0.1) is 11.8 Å². The fourth-order valence-electron chi connectivity index (χ4n) is 1.35. The van der Waals surface area contributed by atoms with Crippen LogP contribution in [0.25, 0.3) is 0 Å². The van der Waals surface area contributed by atoms with E-state index < -0.39 is 0 Å². The molecule has 1 fully saturated rings. The lowest BCUT2D eigenvalue weighted by Gasteiger charge is -2.11. The molecule has 0 amide bonds. The lowest BCUT2D eigenvalue weighted by Crippen LogP contribution is -2.19. The van der Waals surface area contributed by atoms with Crippen LogP contribution in [-0.4, -0.2) is 29.7 Å². The minimum Gasteiger partial charge on any atom is -0.389 e. The van der Waals surface area contributed by atoms with E-state index >= 15 is 0 Å². The van der Waals surface area contributed by atoms with Gasteiger partial charge in [-0.1, -0.05) is 22.0 Å². The van der Waals surface area contributed by atoms with Gasteiger partial charge in [0, 0.05) is 9.37 Å². The molecule has 4 heteroatoms. The molecule has 0 aliphatic carbocycles. The van der Waals surface area contributed by atoms with Crippen molar-refractivity contribution in [1.29, 1.82) is 0 Å². The fourth-order valence-corrected chi connectivity index (χ4v) is 3.00. The van der Waals surface area contributed by atoms with Crippen LogP contribution in [0.1, 0.15) is 0 Å². The van der Waals surface area contributed by atoms with E-state index in [1.54, 1.807) is 11.8 Å². The Morgan fingerprint density at radius 3 is 2.93 bits per heavy atom. The number of rotatable bonds is 2. The van der Waals surface area contributed by atoms with Gasteiger partial charge >= 0.3 is 0 Å². The van der Waals surface area contributed by atoms with Crippen LogP contribution in [0.3, 0.4) is 0 Å². The number of aliphatic hydroxyl groups is 1. The van der Waals surface area contributed by atoms with Crippen molar-refractivity contribution in [3.8, 4) is 0 Å². The molecule has 1 N–H and O–H groups in total. The Kier molecular flexibility index (Phi) is 3.49. The molecule has 0 bridgehead atoms. The summed E-state index contributed by atoms with van der Waals surface area (Å²) in [7, 11) is 0. The molecular weight excluding hydrogens is 264 g/mol. The van der Waals surface area contributed by atoms with Crippen molar-refractivity contribution >= 4 is 27.7 Å². The molecule has 14 heavy (non-hydrogen) atoms. The number of thioether (sulfide) groups is 1. The molecule has 1 heterocycles. The van der Waals surface area contributed by atoms with E-state index in [9.17, 15) is 5.11 Å². The molecular formula is C10H11BrO2S. The summed E-state index contributed by atoms with van der Waals surface area (Å²) in [5.41, 5.74) is 0. The summed E-state index contributed by atoms with van der Waals surface area (Å²) < 4.78 is 6.25. The first kappa shape index (κ1) is 10.5. The maximum absolute atomic E-state index is 9.56. The second-order valence-corrected chi connectivity index (χ2v) is 5.45. The van der Waals surface area contributed by atoms with Crippen LogP contribution in [0, 0.1) is 0 Å². The van der Waals surface area contributed by atoms with Crippen LogP contribution < -0.4 is 0 Å². The van der Waals surface area contributed by atoms with Crippen molar-refractivity contribution < 1.29 is 9.84 Å². The molecule has 2 nitrogen and oxygen atoms in total. The van der Waals surface area contributed by atoms with E-state index in [0.29, 0.717) is 13.2 Å². The number of benzene rings is 1. The van der Waals surface area contributed by atoms with Crippen molar-refractivity contribution in [2.45, 2.75) is 16.2 Å². The smallest absolute Gasteiger partial charge is 0.0917 e. The lowest BCUT2D eigenvalue weighted by atomic mass is 10.3. The molecule has 0 spiro atoms.